The molecule has 0 saturated carbocycles. The Hall–Kier alpha value is -1.38. The fraction of sp³-hybridized carbons (Fsp3) is 0.308. The monoisotopic (exact) mass is 340 g/mol. The summed E-state index contributed by atoms with van der Waals surface area (Å²) in [5, 5.41) is 17.0. The number of thioether (sulfide) groups is 1. The van der Waals surface area contributed by atoms with Gasteiger partial charge in [0.1, 0.15) is 0 Å². The van der Waals surface area contributed by atoms with Gasteiger partial charge in [-0.25, -0.2) is 0 Å². The first-order chi connectivity index (χ1) is 10.3. The first kappa shape index (κ1) is 16.0. The minimum absolute atomic E-state index is 0.0256. The van der Waals surface area contributed by atoms with Gasteiger partial charge < -0.3 is 10.6 Å². The second-order valence-electron chi connectivity index (χ2n) is 4.01. The van der Waals surface area contributed by atoms with Gasteiger partial charge in [0, 0.05) is 18.0 Å². The maximum Gasteiger partial charge on any atom is 0.230 e. The van der Waals surface area contributed by atoms with Gasteiger partial charge in [-0.1, -0.05) is 35.2 Å². The van der Waals surface area contributed by atoms with Crippen molar-refractivity contribution in [3.8, 4) is 0 Å². The fourth-order valence-corrected chi connectivity index (χ4v) is 3.77. The van der Waals surface area contributed by atoms with E-state index in [9.17, 15) is 4.79 Å². The highest BCUT2D eigenvalue weighted by atomic mass is 32.2. The van der Waals surface area contributed by atoms with Crippen molar-refractivity contribution in [1.29, 1.82) is 0 Å². The second kappa shape index (κ2) is 8.81. The number of carbonyl (C=O) groups excluding carboxylic acids is 1. The van der Waals surface area contributed by atoms with Gasteiger partial charge in [0.25, 0.3) is 0 Å². The predicted molar refractivity (Wildman–Crippen MR) is 90.4 cm³/mol. The van der Waals surface area contributed by atoms with Gasteiger partial charge in [-0.05, 0) is 17.9 Å². The maximum absolute atomic E-state index is 11.4. The Morgan fingerprint density at radius 3 is 3.14 bits per heavy atom. The van der Waals surface area contributed by atoms with Gasteiger partial charge in [0.15, 0.2) is 4.34 Å². The van der Waals surface area contributed by atoms with Gasteiger partial charge >= 0.3 is 0 Å². The molecule has 2 rings (SSSR count). The third-order valence-electron chi connectivity index (χ3n) is 2.40. The summed E-state index contributed by atoms with van der Waals surface area (Å²) >= 11 is 4.61. The largest absolute Gasteiger partial charge is 0.360 e. The Morgan fingerprint density at radius 1 is 1.48 bits per heavy atom. The summed E-state index contributed by atoms with van der Waals surface area (Å²) < 4.78 is 0.794. The molecule has 0 radical (unpaired) electrons. The van der Waals surface area contributed by atoms with Gasteiger partial charge in [0.2, 0.25) is 11.0 Å². The first-order valence-electron chi connectivity index (χ1n) is 6.38. The number of rotatable bonds is 9. The Kier molecular flexibility index (Phi) is 6.71. The maximum atomic E-state index is 11.4. The van der Waals surface area contributed by atoms with Crippen LogP contribution in [0.5, 0.6) is 0 Å². The molecule has 2 N–H and O–H groups in total. The van der Waals surface area contributed by atoms with Crippen LogP contribution in [0.25, 0.3) is 0 Å². The molecule has 21 heavy (non-hydrogen) atoms. The zero-order valence-electron chi connectivity index (χ0n) is 11.4. The topological polar surface area (TPSA) is 66.9 Å². The summed E-state index contributed by atoms with van der Waals surface area (Å²) in [5.74, 6) is 0.319. The van der Waals surface area contributed by atoms with Crippen molar-refractivity contribution in [1.82, 2.24) is 15.5 Å². The number of amides is 1. The van der Waals surface area contributed by atoms with Crippen molar-refractivity contribution in [3.63, 3.8) is 0 Å². The number of aromatic nitrogens is 2. The molecule has 0 atom stereocenters. The van der Waals surface area contributed by atoms with Crippen LogP contribution in [0.15, 0.2) is 34.5 Å². The van der Waals surface area contributed by atoms with Gasteiger partial charge in [0.05, 0.1) is 5.75 Å². The van der Waals surface area contributed by atoms with E-state index >= 15 is 0 Å². The van der Waals surface area contributed by atoms with E-state index in [-0.39, 0.29) is 5.91 Å². The lowest BCUT2D eigenvalue weighted by molar-refractivity contribution is -0.118. The van der Waals surface area contributed by atoms with E-state index in [0.29, 0.717) is 12.3 Å². The van der Waals surface area contributed by atoms with Gasteiger partial charge in [-0.15, -0.1) is 28.1 Å². The average molecular weight is 340 g/mol. The van der Waals surface area contributed by atoms with Crippen LogP contribution in [0.1, 0.15) is 4.88 Å². The normalized spacial score (nSPS) is 10.3. The van der Waals surface area contributed by atoms with Crippen LogP contribution in [-0.4, -0.2) is 34.9 Å². The lowest BCUT2D eigenvalue weighted by atomic mass is 10.3. The molecular weight excluding hydrogens is 324 g/mol. The molecule has 0 fully saturated rings. The number of nitrogens with one attached hydrogen (secondary N) is 2. The second-order valence-corrected chi connectivity index (χ2v) is 7.24. The SMILES string of the molecule is C=CCNC(=O)CSc1nnc(NCCc2cccs2)s1. The summed E-state index contributed by atoms with van der Waals surface area (Å²) in [4.78, 5) is 12.8. The van der Waals surface area contributed by atoms with Crippen LogP contribution in [0, 0.1) is 0 Å². The highest BCUT2D eigenvalue weighted by molar-refractivity contribution is 8.01. The third kappa shape index (κ3) is 5.86. The number of anilines is 1. The predicted octanol–water partition coefficient (Wildman–Crippen LogP) is 2.65. The molecule has 2 aromatic rings. The molecule has 8 heteroatoms. The van der Waals surface area contributed by atoms with Crippen LogP contribution in [0.3, 0.4) is 0 Å². The summed E-state index contributed by atoms with van der Waals surface area (Å²) in [6, 6.07) is 4.17. The molecule has 0 saturated heterocycles. The molecule has 2 heterocycles. The molecule has 0 unspecified atom stereocenters. The van der Waals surface area contributed by atoms with Crippen LogP contribution in [-0.2, 0) is 11.2 Å². The van der Waals surface area contributed by atoms with Crippen LogP contribution >= 0.6 is 34.4 Å². The molecule has 0 aliphatic carbocycles. The Labute approximate surface area is 135 Å². The number of nitrogens with zero attached hydrogens (tertiary/aromatic N) is 2. The van der Waals surface area contributed by atoms with Crippen LogP contribution in [0.2, 0.25) is 0 Å². The van der Waals surface area contributed by atoms with Crippen molar-refractivity contribution >= 4 is 45.5 Å². The molecule has 0 aliphatic rings. The molecule has 1 amide bonds. The van der Waals surface area contributed by atoms with Crippen molar-refractivity contribution in [2.45, 2.75) is 10.8 Å². The first-order valence-corrected chi connectivity index (χ1v) is 9.06. The number of hydrogen-bond donors (Lipinski definition) is 2. The van der Waals surface area contributed by atoms with Gasteiger partial charge in [-0.3, -0.25) is 4.79 Å². The minimum atomic E-state index is -0.0256. The Bertz CT molecular complexity index is 568. The van der Waals surface area contributed by atoms with Crippen molar-refractivity contribution in [3.05, 3.63) is 35.0 Å². The standard InChI is InChI=1S/C13H16N4OS3/c1-2-6-14-11(18)9-20-13-17-16-12(21-13)15-7-5-10-4-3-8-19-10/h2-4,8H,1,5-7,9H2,(H,14,18)(H,15,16). The van der Waals surface area contributed by atoms with Crippen molar-refractivity contribution in [2.75, 3.05) is 24.2 Å². The molecule has 2 aromatic heterocycles. The number of thiophene rings is 1. The van der Waals surface area contributed by atoms with E-state index in [0.717, 1.165) is 22.4 Å². The smallest absolute Gasteiger partial charge is 0.230 e. The van der Waals surface area contributed by atoms with E-state index in [2.05, 4.69) is 44.9 Å². The van der Waals surface area contributed by atoms with E-state index in [1.54, 1.807) is 17.4 Å². The summed E-state index contributed by atoms with van der Waals surface area (Å²) in [6.07, 6.45) is 2.63. The highest BCUT2D eigenvalue weighted by Gasteiger charge is 2.07. The summed E-state index contributed by atoms with van der Waals surface area (Å²) in [5.41, 5.74) is 0. The van der Waals surface area contributed by atoms with E-state index in [1.165, 1.54) is 28.0 Å². The van der Waals surface area contributed by atoms with E-state index < -0.39 is 0 Å². The molecule has 0 spiro atoms. The third-order valence-corrected chi connectivity index (χ3v) is 5.35. The summed E-state index contributed by atoms with van der Waals surface area (Å²) in [7, 11) is 0. The molecule has 0 aromatic carbocycles. The van der Waals surface area contributed by atoms with Gasteiger partial charge in [-0.2, -0.15) is 0 Å². The van der Waals surface area contributed by atoms with Crippen LogP contribution in [0.4, 0.5) is 5.13 Å². The molecule has 0 aliphatic heterocycles. The minimum Gasteiger partial charge on any atom is -0.360 e. The zero-order valence-corrected chi connectivity index (χ0v) is 13.8. The molecule has 112 valence electrons. The Balaban J connectivity index is 1.68. The molecule has 5 nitrogen and oxygen atoms in total. The molecular formula is C13H16N4OS3. The molecule has 0 bridgehead atoms. The van der Waals surface area contributed by atoms with Crippen LogP contribution < -0.4 is 10.6 Å². The highest BCUT2D eigenvalue weighted by Crippen LogP contribution is 2.25. The van der Waals surface area contributed by atoms with Crippen molar-refractivity contribution < 1.29 is 4.79 Å². The summed E-state index contributed by atoms with van der Waals surface area (Å²) in [6.45, 7) is 4.88. The lowest BCUT2D eigenvalue weighted by Gasteiger charge is -1.99. The fourth-order valence-electron chi connectivity index (χ4n) is 1.45. The van der Waals surface area contributed by atoms with E-state index in [4.69, 9.17) is 0 Å². The number of carbonyl (C=O) groups is 1. The average Bonchev–Trinajstić information content (AvgIpc) is 3.14. The quantitative estimate of drug-likeness (QED) is 0.543. The van der Waals surface area contributed by atoms with E-state index in [1.807, 2.05) is 0 Å². The Morgan fingerprint density at radius 2 is 2.38 bits per heavy atom. The van der Waals surface area contributed by atoms with Crippen molar-refractivity contribution in [2.24, 2.45) is 0 Å². The number of hydrogen-bond acceptors (Lipinski definition) is 7. The lowest BCUT2D eigenvalue weighted by Crippen LogP contribution is -2.24. The zero-order chi connectivity index (χ0) is 14.9.